The maximum atomic E-state index is 12.2. The molecule has 2 aliphatic rings. The third kappa shape index (κ3) is 4.91. The molecule has 0 amide bonds. The molecule has 1 aromatic heterocycles. The van der Waals surface area contributed by atoms with Crippen molar-refractivity contribution in [2.24, 2.45) is 0 Å². The number of ether oxygens (including phenoxy) is 1. The van der Waals surface area contributed by atoms with Crippen LogP contribution in [0.3, 0.4) is 0 Å². The highest BCUT2D eigenvalue weighted by Crippen LogP contribution is 2.80. The Morgan fingerprint density at radius 3 is 2.27 bits per heavy atom. The van der Waals surface area contributed by atoms with E-state index in [1.165, 1.54) is 0 Å². The van der Waals surface area contributed by atoms with Crippen molar-refractivity contribution in [2.45, 2.75) is 37.9 Å². The van der Waals surface area contributed by atoms with Gasteiger partial charge in [-0.05, 0) is 6.92 Å². The van der Waals surface area contributed by atoms with Crippen LogP contribution in [0.4, 0.5) is 0 Å². The molecule has 0 aliphatic carbocycles. The van der Waals surface area contributed by atoms with Crippen molar-refractivity contribution in [1.82, 2.24) is 9.55 Å². The van der Waals surface area contributed by atoms with E-state index in [-0.39, 0.29) is 12.1 Å². The Kier molecular flexibility index (Phi) is 6.45. The molecule has 30 heavy (non-hydrogen) atoms. The summed E-state index contributed by atoms with van der Waals surface area (Å²) in [6, 6.07) is 0. The summed E-state index contributed by atoms with van der Waals surface area (Å²) in [5.41, 5.74) is -1.78. The minimum atomic E-state index is -5.26. The number of nitrogens with zero attached hydrogens (tertiary/aromatic N) is 1. The van der Waals surface area contributed by atoms with E-state index in [2.05, 4.69) is 17.5 Å². The Morgan fingerprint density at radius 1 is 1.10 bits per heavy atom. The lowest BCUT2D eigenvalue weighted by atomic mass is 10.0. The second kappa shape index (κ2) is 8.17. The summed E-state index contributed by atoms with van der Waals surface area (Å²) < 4.78 is 58.0. The molecule has 170 valence electrons. The first-order chi connectivity index (χ1) is 13.8. The molecule has 1 aromatic rings. The number of hydrogen-bond acceptors (Lipinski definition) is 12. The van der Waals surface area contributed by atoms with Crippen molar-refractivity contribution in [3.05, 3.63) is 32.6 Å². The third-order valence-electron chi connectivity index (χ3n) is 4.06. The van der Waals surface area contributed by atoms with Gasteiger partial charge in [-0.3, -0.25) is 14.3 Å². The Balaban J connectivity index is 1.78. The van der Waals surface area contributed by atoms with Crippen LogP contribution in [0.25, 0.3) is 0 Å². The van der Waals surface area contributed by atoms with Crippen LogP contribution in [-0.4, -0.2) is 54.5 Å². The van der Waals surface area contributed by atoms with E-state index in [0.717, 1.165) is 10.8 Å². The minimum Gasteiger partial charge on any atom is -0.387 e. The predicted molar refractivity (Wildman–Crippen MR) is 93.1 cm³/mol. The van der Waals surface area contributed by atoms with Gasteiger partial charge in [0.15, 0.2) is 0 Å². The highest BCUT2D eigenvalue weighted by Gasteiger charge is 2.55. The zero-order chi connectivity index (χ0) is 22.5. The number of phosphoric acid groups is 3. The fraction of sp³-hybridized carbons (Fsp3) is 0.636. The summed E-state index contributed by atoms with van der Waals surface area (Å²) in [5, 5.41) is 20.4. The number of H-pyrrole nitrogens is 1. The lowest BCUT2D eigenvalue weighted by molar-refractivity contribution is -0.0236. The van der Waals surface area contributed by atoms with Crippen molar-refractivity contribution in [3.8, 4) is 0 Å². The van der Waals surface area contributed by atoms with Crippen LogP contribution >= 0.6 is 23.5 Å². The third-order valence-corrected chi connectivity index (χ3v) is 9.42. The van der Waals surface area contributed by atoms with Crippen molar-refractivity contribution in [2.75, 3.05) is 6.61 Å². The average molecular weight is 494 g/mol. The van der Waals surface area contributed by atoms with Gasteiger partial charge in [-0.25, -0.2) is 18.5 Å². The molecule has 2 aliphatic heterocycles. The number of hydrogen-bond donors (Lipinski definition) is 5. The van der Waals surface area contributed by atoms with Gasteiger partial charge in [0.25, 0.3) is 5.56 Å². The van der Waals surface area contributed by atoms with E-state index in [4.69, 9.17) is 4.74 Å². The van der Waals surface area contributed by atoms with Gasteiger partial charge in [0, 0.05) is 12.7 Å². The number of rotatable bonds is 5. The van der Waals surface area contributed by atoms with Gasteiger partial charge in [0.2, 0.25) is 0 Å². The molecule has 2 saturated heterocycles. The van der Waals surface area contributed by atoms with Crippen LogP contribution in [-0.2, 0) is 42.4 Å². The number of aliphatic hydroxyl groups excluding tert-OH is 2. The average Bonchev–Trinajstić information content (AvgIpc) is 2.85. The molecule has 0 radical (unpaired) electrons. The van der Waals surface area contributed by atoms with E-state index < -0.39 is 65.7 Å². The second-order valence-corrected chi connectivity index (χ2v) is 11.1. The van der Waals surface area contributed by atoms with Gasteiger partial charge in [0.1, 0.15) is 24.4 Å². The first-order valence-corrected chi connectivity index (χ1v) is 12.6. The number of aromatic nitrogens is 2. The van der Waals surface area contributed by atoms with E-state index >= 15 is 0 Å². The van der Waals surface area contributed by atoms with E-state index in [1.54, 1.807) is 6.92 Å². The summed E-state index contributed by atoms with van der Waals surface area (Å²) in [5.74, 6) is 0. The van der Waals surface area contributed by atoms with Crippen molar-refractivity contribution >= 4 is 23.5 Å². The maximum absolute atomic E-state index is 12.2. The van der Waals surface area contributed by atoms with Crippen LogP contribution in [0.1, 0.15) is 18.6 Å². The molecular weight excluding hydrogens is 477 g/mol. The van der Waals surface area contributed by atoms with Gasteiger partial charge in [0.05, 0.1) is 12.2 Å². The molecular formula is C11H17N2O14P3. The van der Waals surface area contributed by atoms with Gasteiger partial charge in [-0.15, -0.1) is 0 Å². The standard InChI is InChI=1S/C11H17N2O14P3/c1-2-13-3-5(10(16)12-11(13)17)9-8(15)7(14)6(24-9)4-23-30(22)26-28(18,19)25-29(20,21)27-30/h3,6-9,14-15H,2,4H2,1H3,(H,18,19)(H,20,21)(H,12,16,17)/t6-,7+,8+,9+/m1/s1. The maximum Gasteiger partial charge on any atom is 0.492 e. The Hall–Kier alpha value is -0.990. The van der Waals surface area contributed by atoms with Gasteiger partial charge < -0.3 is 29.3 Å². The molecule has 0 bridgehead atoms. The van der Waals surface area contributed by atoms with Gasteiger partial charge in [-0.1, -0.05) is 0 Å². The number of nitrogens with one attached hydrogen (secondary N) is 1. The summed E-state index contributed by atoms with van der Waals surface area (Å²) in [4.78, 5) is 44.1. The van der Waals surface area contributed by atoms with Gasteiger partial charge >= 0.3 is 29.2 Å². The number of aryl methyl sites for hydroxylation is 1. The Morgan fingerprint density at radius 2 is 1.70 bits per heavy atom. The zero-order valence-electron chi connectivity index (χ0n) is 15.0. The lowest BCUT2D eigenvalue weighted by Gasteiger charge is -2.27. The number of aliphatic hydroxyl groups is 2. The molecule has 0 spiro atoms. The molecule has 19 heteroatoms. The topological polar surface area (TPSA) is 233 Å². The van der Waals surface area contributed by atoms with Gasteiger partial charge in [-0.2, -0.15) is 12.9 Å². The smallest absolute Gasteiger partial charge is 0.387 e. The fourth-order valence-corrected chi connectivity index (χ4v) is 7.68. The second-order valence-electron chi connectivity index (χ2n) is 6.13. The van der Waals surface area contributed by atoms with Crippen LogP contribution in [0.15, 0.2) is 15.8 Å². The normalized spacial score (nSPS) is 41.8. The van der Waals surface area contributed by atoms with E-state index in [1.807, 2.05) is 4.98 Å². The first kappa shape index (κ1) is 23.7. The first-order valence-electron chi connectivity index (χ1n) is 8.15. The summed E-state index contributed by atoms with van der Waals surface area (Å²) in [6.45, 7) is 0.881. The molecule has 2 unspecified atom stereocenters. The van der Waals surface area contributed by atoms with Crippen LogP contribution in [0, 0.1) is 0 Å². The quantitative estimate of drug-likeness (QED) is 0.313. The molecule has 6 atom stereocenters. The predicted octanol–water partition coefficient (Wildman–Crippen LogP) is -0.893. The Bertz CT molecular complexity index is 1050. The van der Waals surface area contributed by atoms with E-state index in [9.17, 15) is 43.3 Å². The fourth-order valence-electron chi connectivity index (χ4n) is 2.75. The SMILES string of the molecule is CCn1cc([C@@H]2O[C@H](COP3(=O)OP(=O)(O)OP(=O)(O)O3)[C@H](O)[C@@H]2O)c(=O)[nH]c1=O. The Labute approximate surface area is 166 Å². The number of aromatic amines is 1. The van der Waals surface area contributed by atoms with Crippen LogP contribution < -0.4 is 11.2 Å². The molecule has 2 fully saturated rings. The van der Waals surface area contributed by atoms with Crippen molar-refractivity contribution < 1.29 is 55.9 Å². The highest BCUT2D eigenvalue weighted by atomic mass is 31.3. The molecule has 3 rings (SSSR count). The van der Waals surface area contributed by atoms with Crippen LogP contribution in [0.5, 0.6) is 0 Å². The monoisotopic (exact) mass is 494 g/mol. The molecule has 3 heterocycles. The molecule has 5 N–H and O–H groups in total. The van der Waals surface area contributed by atoms with E-state index in [0.29, 0.717) is 0 Å². The summed E-state index contributed by atoms with van der Waals surface area (Å²) in [6.07, 6.45) is -5.19. The lowest BCUT2D eigenvalue weighted by Crippen LogP contribution is -2.36. The summed E-state index contributed by atoms with van der Waals surface area (Å²) in [7, 11) is -15.6. The summed E-state index contributed by atoms with van der Waals surface area (Å²) >= 11 is 0. The largest absolute Gasteiger partial charge is 0.492 e. The highest BCUT2D eigenvalue weighted by molar-refractivity contribution is 7.74. The molecule has 16 nitrogen and oxygen atoms in total. The minimum absolute atomic E-state index is 0.183. The van der Waals surface area contributed by atoms with Crippen molar-refractivity contribution in [3.63, 3.8) is 0 Å². The zero-order valence-corrected chi connectivity index (χ0v) is 17.6. The molecule has 0 saturated carbocycles. The van der Waals surface area contributed by atoms with Crippen LogP contribution in [0.2, 0.25) is 0 Å². The van der Waals surface area contributed by atoms with Crippen molar-refractivity contribution in [1.29, 1.82) is 0 Å². The molecule has 0 aromatic carbocycles.